The van der Waals surface area contributed by atoms with E-state index in [0.29, 0.717) is 32.1 Å². The molecular formula is C13H20F3N5. The van der Waals surface area contributed by atoms with Crippen molar-refractivity contribution < 1.29 is 13.2 Å². The maximum absolute atomic E-state index is 12.5. The Hall–Kier alpha value is -1.44. The largest absolute Gasteiger partial charge is 0.401 e. The number of halogens is 3. The second kappa shape index (κ2) is 6.13. The molecule has 2 heterocycles. The molecule has 1 aromatic rings. The van der Waals surface area contributed by atoms with Crippen molar-refractivity contribution in [1.82, 2.24) is 20.1 Å². The Balaban J connectivity index is 2.08. The number of alkyl halides is 3. The van der Waals surface area contributed by atoms with Crippen molar-refractivity contribution in [2.24, 2.45) is 5.92 Å². The zero-order valence-electron chi connectivity index (χ0n) is 12.5. The van der Waals surface area contributed by atoms with Crippen LogP contribution in [0.2, 0.25) is 0 Å². The highest BCUT2D eigenvalue weighted by molar-refractivity contribution is 5.30. The molecular weight excluding hydrogens is 283 g/mol. The average molecular weight is 303 g/mol. The van der Waals surface area contributed by atoms with Crippen LogP contribution in [0.5, 0.6) is 0 Å². The van der Waals surface area contributed by atoms with Gasteiger partial charge in [-0.05, 0) is 19.8 Å². The summed E-state index contributed by atoms with van der Waals surface area (Å²) in [5.41, 5.74) is 1.56. The van der Waals surface area contributed by atoms with Crippen LogP contribution in [0.3, 0.4) is 0 Å². The molecule has 0 bridgehead atoms. The van der Waals surface area contributed by atoms with Crippen LogP contribution in [0.1, 0.15) is 18.3 Å². The van der Waals surface area contributed by atoms with Gasteiger partial charge in [-0.3, -0.25) is 4.90 Å². The van der Waals surface area contributed by atoms with Crippen LogP contribution in [-0.2, 0) is 0 Å². The monoisotopic (exact) mass is 303 g/mol. The Bertz CT molecular complexity index is 491. The third kappa shape index (κ3) is 4.52. The normalized spacial score (nSPS) is 21.4. The van der Waals surface area contributed by atoms with Crippen LogP contribution < -0.4 is 4.90 Å². The van der Waals surface area contributed by atoms with E-state index in [4.69, 9.17) is 0 Å². The van der Waals surface area contributed by atoms with Gasteiger partial charge in [-0.1, -0.05) is 6.92 Å². The molecule has 0 amide bonds. The molecule has 0 aliphatic carbocycles. The van der Waals surface area contributed by atoms with Crippen LogP contribution in [0.15, 0.2) is 0 Å². The SMILES string of the molecule is Cc1nnc(N2CCN(CC(F)(F)F)C[C@H](C)C2)nc1C. The van der Waals surface area contributed by atoms with Gasteiger partial charge in [0, 0.05) is 26.2 Å². The fourth-order valence-electron chi connectivity index (χ4n) is 2.48. The first kappa shape index (κ1) is 15.9. The zero-order valence-corrected chi connectivity index (χ0v) is 12.5. The maximum atomic E-state index is 12.5. The van der Waals surface area contributed by atoms with Gasteiger partial charge in [0.1, 0.15) is 0 Å². The summed E-state index contributed by atoms with van der Waals surface area (Å²) in [5.74, 6) is 0.610. The van der Waals surface area contributed by atoms with Gasteiger partial charge in [0.15, 0.2) is 0 Å². The van der Waals surface area contributed by atoms with Crippen molar-refractivity contribution in [2.75, 3.05) is 37.6 Å². The molecule has 0 saturated carbocycles. The van der Waals surface area contributed by atoms with Crippen LogP contribution in [0.25, 0.3) is 0 Å². The minimum absolute atomic E-state index is 0.111. The van der Waals surface area contributed by atoms with E-state index in [-0.39, 0.29) is 5.92 Å². The first-order chi connectivity index (χ1) is 9.74. The molecule has 5 nitrogen and oxygen atoms in total. The Morgan fingerprint density at radius 1 is 1.10 bits per heavy atom. The zero-order chi connectivity index (χ0) is 15.6. The number of rotatable bonds is 2. The number of nitrogens with zero attached hydrogens (tertiary/aromatic N) is 5. The predicted molar refractivity (Wildman–Crippen MR) is 73.2 cm³/mol. The van der Waals surface area contributed by atoms with E-state index in [2.05, 4.69) is 15.2 Å². The van der Waals surface area contributed by atoms with Crippen molar-refractivity contribution in [1.29, 1.82) is 0 Å². The topological polar surface area (TPSA) is 45.2 Å². The molecule has 0 unspecified atom stereocenters. The number of hydrogen-bond acceptors (Lipinski definition) is 5. The summed E-state index contributed by atoms with van der Waals surface area (Å²) in [6.07, 6.45) is -4.16. The highest BCUT2D eigenvalue weighted by atomic mass is 19.4. The van der Waals surface area contributed by atoms with E-state index in [1.165, 1.54) is 4.90 Å². The van der Waals surface area contributed by atoms with Gasteiger partial charge in [0.2, 0.25) is 5.95 Å². The van der Waals surface area contributed by atoms with Crippen molar-refractivity contribution >= 4 is 5.95 Å². The smallest absolute Gasteiger partial charge is 0.338 e. The Morgan fingerprint density at radius 2 is 1.81 bits per heavy atom. The lowest BCUT2D eigenvalue weighted by Crippen LogP contribution is -2.38. The molecule has 1 aliphatic heterocycles. The number of aryl methyl sites for hydroxylation is 2. The van der Waals surface area contributed by atoms with Crippen LogP contribution in [-0.4, -0.2) is 59.0 Å². The van der Waals surface area contributed by atoms with Crippen molar-refractivity contribution in [3.63, 3.8) is 0 Å². The lowest BCUT2D eigenvalue weighted by atomic mass is 10.1. The molecule has 0 aromatic carbocycles. The first-order valence-corrected chi connectivity index (χ1v) is 6.96. The molecule has 1 aliphatic rings. The van der Waals surface area contributed by atoms with Crippen molar-refractivity contribution in [2.45, 2.75) is 26.9 Å². The van der Waals surface area contributed by atoms with E-state index in [9.17, 15) is 13.2 Å². The lowest BCUT2D eigenvalue weighted by Gasteiger charge is -2.22. The standard InChI is InChI=1S/C13H20F3N5/c1-9-6-20(8-13(14,15)16)4-5-21(7-9)12-17-10(2)11(3)18-19-12/h9H,4-8H2,1-3H3/t9-/m0/s1. The van der Waals surface area contributed by atoms with Gasteiger partial charge in [-0.15, -0.1) is 5.10 Å². The van der Waals surface area contributed by atoms with E-state index in [0.717, 1.165) is 11.4 Å². The number of aromatic nitrogens is 3. The predicted octanol–water partition coefficient (Wildman–Crippen LogP) is 1.81. The minimum atomic E-state index is -4.16. The molecule has 1 saturated heterocycles. The molecule has 0 radical (unpaired) electrons. The highest BCUT2D eigenvalue weighted by Gasteiger charge is 2.33. The highest BCUT2D eigenvalue weighted by Crippen LogP contribution is 2.20. The lowest BCUT2D eigenvalue weighted by molar-refractivity contribution is -0.146. The van der Waals surface area contributed by atoms with Crippen molar-refractivity contribution in [3.05, 3.63) is 11.4 Å². The summed E-state index contributed by atoms with van der Waals surface area (Å²) in [6, 6.07) is 0. The number of hydrogen-bond donors (Lipinski definition) is 0. The van der Waals surface area contributed by atoms with Gasteiger partial charge in [0.25, 0.3) is 0 Å². The Morgan fingerprint density at radius 3 is 2.43 bits per heavy atom. The van der Waals surface area contributed by atoms with E-state index in [1.54, 1.807) is 0 Å². The third-order valence-electron chi connectivity index (χ3n) is 3.55. The molecule has 1 aromatic heterocycles. The van der Waals surface area contributed by atoms with Crippen molar-refractivity contribution in [3.8, 4) is 0 Å². The molecule has 0 spiro atoms. The van der Waals surface area contributed by atoms with Crippen LogP contribution in [0, 0.1) is 19.8 Å². The molecule has 21 heavy (non-hydrogen) atoms. The van der Waals surface area contributed by atoms with Gasteiger partial charge in [0.05, 0.1) is 17.9 Å². The Labute approximate surface area is 122 Å². The molecule has 1 fully saturated rings. The maximum Gasteiger partial charge on any atom is 0.401 e. The summed E-state index contributed by atoms with van der Waals surface area (Å²) in [6.45, 7) is 6.64. The van der Waals surface area contributed by atoms with Gasteiger partial charge in [-0.2, -0.15) is 18.3 Å². The van der Waals surface area contributed by atoms with Crippen LogP contribution >= 0.6 is 0 Å². The van der Waals surface area contributed by atoms with Crippen LogP contribution in [0.4, 0.5) is 19.1 Å². The summed E-state index contributed by atoms with van der Waals surface area (Å²) in [5, 5.41) is 8.10. The summed E-state index contributed by atoms with van der Waals surface area (Å²) >= 11 is 0. The van der Waals surface area contributed by atoms with E-state index in [1.807, 2.05) is 25.7 Å². The fraction of sp³-hybridized carbons (Fsp3) is 0.769. The van der Waals surface area contributed by atoms with E-state index < -0.39 is 12.7 Å². The molecule has 1 atom stereocenters. The molecule has 0 N–H and O–H groups in total. The summed E-state index contributed by atoms with van der Waals surface area (Å²) < 4.78 is 37.6. The second-order valence-corrected chi connectivity index (χ2v) is 5.68. The molecule has 118 valence electrons. The summed E-state index contributed by atoms with van der Waals surface area (Å²) in [4.78, 5) is 7.74. The minimum Gasteiger partial charge on any atom is -0.338 e. The first-order valence-electron chi connectivity index (χ1n) is 6.96. The Kier molecular flexibility index (Phi) is 4.65. The van der Waals surface area contributed by atoms with Gasteiger partial charge in [-0.25, -0.2) is 4.98 Å². The number of anilines is 1. The molecule has 2 rings (SSSR count). The van der Waals surface area contributed by atoms with Gasteiger partial charge < -0.3 is 4.90 Å². The fourth-order valence-corrected chi connectivity index (χ4v) is 2.48. The van der Waals surface area contributed by atoms with E-state index >= 15 is 0 Å². The molecule has 8 heteroatoms. The average Bonchev–Trinajstić information content (AvgIpc) is 2.52. The summed E-state index contributed by atoms with van der Waals surface area (Å²) in [7, 11) is 0. The quantitative estimate of drug-likeness (QED) is 0.834. The second-order valence-electron chi connectivity index (χ2n) is 5.68. The third-order valence-corrected chi connectivity index (χ3v) is 3.55. The van der Waals surface area contributed by atoms with Gasteiger partial charge >= 0.3 is 6.18 Å².